The Morgan fingerprint density at radius 1 is 1.00 bits per heavy atom. The summed E-state index contributed by atoms with van der Waals surface area (Å²) >= 11 is 0. The first-order valence-corrected chi connectivity index (χ1v) is 7.89. The van der Waals surface area contributed by atoms with E-state index in [1.165, 1.54) is 57.8 Å². The highest BCUT2D eigenvalue weighted by molar-refractivity contribution is 4.92. The van der Waals surface area contributed by atoms with Crippen molar-refractivity contribution in [2.45, 2.75) is 90.6 Å². The Hall–Kier alpha value is -0.0400. The second-order valence-corrected chi connectivity index (χ2v) is 7.01. The minimum absolute atomic E-state index is 0.522. The first-order valence-electron chi connectivity index (χ1n) is 7.89. The second-order valence-electron chi connectivity index (χ2n) is 7.01. The average Bonchev–Trinajstić information content (AvgIpc) is 2.32. The summed E-state index contributed by atoms with van der Waals surface area (Å²) in [6.45, 7) is 7.30. The molecule has 0 aliphatic heterocycles. The molecule has 100 valence electrons. The van der Waals surface area contributed by atoms with E-state index in [-0.39, 0.29) is 0 Å². The van der Waals surface area contributed by atoms with Gasteiger partial charge in [0.25, 0.3) is 0 Å². The normalized spacial score (nSPS) is 37.9. The molecular formula is C16H31N. The molecule has 0 bridgehead atoms. The Balaban J connectivity index is 1.93. The lowest BCUT2D eigenvalue weighted by Gasteiger charge is -2.44. The maximum Gasteiger partial charge on any atom is 0.0121 e. The van der Waals surface area contributed by atoms with E-state index in [0.29, 0.717) is 5.41 Å². The van der Waals surface area contributed by atoms with Gasteiger partial charge >= 0.3 is 0 Å². The molecule has 1 N–H and O–H groups in total. The van der Waals surface area contributed by atoms with E-state index >= 15 is 0 Å². The highest BCUT2D eigenvalue weighted by atomic mass is 15.0. The van der Waals surface area contributed by atoms with Crippen LogP contribution < -0.4 is 5.32 Å². The zero-order valence-corrected chi connectivity index (χ0v) is 12.1. The molecule has 0 heterocycles. The molecule has 2 fully saturated rings. The minimum atomic E-state index is 0.522. The standard InChI is InChI=1S/C16H31N/c1-4-13-9-5-6-10-14(13)17-15-11-7-8-12-16(15,2)3/h13-15,17H,4-12H2,1-3H3. The van der Waals surface area contributed by atoms with Crippen LogP contribution in [0.1, 0.15) is 78.6 Å². The quantitative estimate of drug-likeness (QED) is 0.761. The van der Waals surface area contributed by atoms with Crippen molar-refractivity contribution in [3.05, 3.63) is 0 Å². The summed E-state index contributed by atoms with van der Waals surface area (Å²) in [6.07, 6.45) is 12.8. The van der Waals surface area contributed by atoms with E-state index in [0.717, 1.165) is 18.0 Å². The van der Waals surface area contributed by atoms with Gasteiger partial charge in [-0.2, -0.15) is 0 Å². The summed E-state index contributed by atoms with van der Waals surface area (Å²) in [5.74, 6) is 0.946. The van der Waals surface area contributed by atoms with E-state index in [2.05, 4.69) is 26.1 Å². The molecule has 0 saturated heterocycles. The van der Waals surface area contributed by atoms with E-state index in [1.54, 1.807) is 0 Å². The molecule has 2 aliphatic rings. The maximum absolute atomic E-state index is 4.05. The summed E-state index contributed by atoms with van der Waals surface area (Å²) in [6, 6.07) is 1.59. The third kappa shape index (κ3) is 3.24. The topological polar surface area (TPSA) is 12.0 Å². The van der Waals surface area contributed by atoms with E-state index in [9.17, 15) is 0 Å². The van der Waals surface area contributed by atoms with Crippen LogP contribution in [0.2, 0.25) is 0 Å². The molecule has 0 aromatic heterocycles. The molecule has 3 atom stereocenters. The van der Waals surface area contributed by atoms with Crippen LogP contribution in [-0.4, -0.2) is 12.1 Å². The summed E-state index contributed by atoms with van der Waals surface area (Å²) in [5, 5.41) is 4.05. The van der Waals surface area contributed by atoms with Crippen molar-refractivity contribution in [1.82, 2.24) is 5.32 Å². The van der Waals surface area contributed by atoms with Crippen LogP contribution in [0, 0.1) is 11.3 Å². The van der Waals surface area contributed by atoms with Crippen molar-refractivity contribution < 1.29 is 0 Å². The van der Waals surface area contributed by atoms with Crippen LogP contribution in [0.25, 0.3) is 0 Å². The summed E-state index contributed by atoms with van der Waals surface area (Å²) in [7, 11) is 0. The first kappa shape index (κ1) is 13.4. The van der Waals surface area contributed by atoms with Gasteiger partial charge in [0.1, 0.15) is 0 Å². The van der Waals surface area contributed by atoms with E-state index < -0.39 is 0 Å². The van der Waals surface area contributed by atoms with Crippen molar-refractivity contribution in [3.63, 3.8) is 0 Å². The van der Waals surface area contributed by atoms with Crippen LogP contribution in [0.5, 0.6) is 0 Å². The Morgan fingerprint density at radius 3 is 2.41 bits per heavy atom. The van der Waals surface area contributed by atoms with Gasteiger partial charge in [-0.3, -0.25) is 0 Å². The van der Waals surface area contributed by atoms with Crippen molar-refractivity contribution in [2.24, 2.45) is 11.3 Å². The fourth-order valence-electron chi connectivity index (χ4n) is 3.98. The Bertz CT molecular complexity index is 234. The lowest BCUT2D eigenvalue weighted by atomic mass is 9.72. The van der Waals surface area contributed by atoms with Gasteiger partial charge in [-0.1, -0.05) is 52.9 Å². The SMILES string of the molecule is CCC1CCCCC1NC1CCCCC1(C)C. The molecule has 1 heteroatoms. The van der Waals surface area contributed by atoms with Gasteiger partial charge in [0.15, 0.2) is 0 Å². The maximum atomic E-state index is 4.05. The molecule has 17 heavy (non-hydrogen) atoms. The van der Waals surface area contributed by atoms with Gasteiger partial charge in [0.05, 0.1) is 0 Å². The van der Waals surface area contributed by atoms with Crippen LogP contribution in [-0.2, 0) is 0 Å². The van der Waals surface area contributed by atoms with E-state index in [1.807, 2.05) is 0 Å². The fourth-order valence-corrected chi connectivity index (χ4v) is 3.98. The van der Waals surface area contributed by atoms with Crippen LogP contribution >= 0.6 is 0 Å². The zero-order valence-electron chi connectivity index (χ0n) is 12.1. The molecule has 0 radical (unpaired) electrons. The van der Waals surface area contributed by atoms with Gasteiger partial charge in [0, 0.05) is 12.1 Å². The third-order valence-electron chi connectivity index (χ3n) is 5.36. The van der Waals surface area contributed by atoms with Gasteiger partial charge < -0.3 is 5.32 Å². The Labute approximate surface area is 108 Å². The molecule has 2 saturated carbocycles. The minimum Gasteiger partial charge on any atom is -0.310 e. The third-order valence-corrected chi connectivity index (χ3v) is 5.36. The monoisotopic (exact) mass is 237 g/mol. The average molecular weight is 237 g/mol. The molecule has 2 aliphatic carbocycles. The lowest BCUT2D eigenvalue weighted by molar-refractivity contribution is 0.126. The summed E-state index contributed by atoms with van der Waals surface area (Å²) in [5.41, 5.74) is 0.522. The highest BCUT2D eigenvalue weighted by Crippen LogP contribution is 2.37. The number of rotatable bonds is 3. The number of nitrogens with one attached hydrogen (secondary N) is 1. The molecule has 0 amide bonds. The van der Waals surface area contributed by atoms with Crippen LogP contribution in [0.3, 0.4) is 0 Å². The first-order chi connectivity index (χ1) is 8.13. The smallest absolute Gasteiger partial charge is 0.0121 e. The largest absolute Gasteiger partial charge is 0.310 e. The molecule has 3 unspecified atom stereocenters. The highest BCUT2D eigenvalue weighted by Gasteiger charge is 2.35. The summed E-state index contributed by atoms with van der Waals surface area (Å²) < 4.78 is 0. The van der Waals surface area contributed by atoms with Gasteiger partial charge in [-0.25, -0.2) is 0 Å². The molecule has 0 aromatic rings. The Kier molecular flexibility index (Phi) is 4.52. The van der Waals surface area contributed by atoms with Crippen molar-refractivity contribution in [3.8, 4) is 0 Å². The molecule has 1 nitrogen and oxygen atoms in total. The van der Waals surface area contributed by atoms with Crippen LogP contribution in [0.15, 0.2) is 0 Å². The zero-order chi connectivity index (χ0) is 12.3. The molecule has 0 aromatic carbocycles. The number of hydrogen-bond acceptors (Lipinski definition) is 1. The van der Waals surface area contributed by atoms with Crippen molar-refractivity contribution in [1.29, 1.82) is 0 Å². The van der Waals surface area contributed by atoms with Gasteiger partial charge in [-0.15, -0.1) is 0 Å². The van der Waals surface area contributed by atoms with Gasteiger partial charge in [0.2, 0.25) is 0 Å². The van der Waals surface area contributed by atoms with Crippen LogP contribution in [0.4, 0.5) is 0 Å². The number of hydrogen-bond donors (Lipinski definition) is 1. The Morgan fingerprint density at radius 2 is 1.71 bits per heavy atom. The van der Waals surface area contributed by atoms with E-state index in [4.69, 9.17) is 0 Å². The lowest BCUT2D eigenvalue weighted by Crippen LogP contribution is -2.51. The molecule has 2 rings (SSSR count). The summed E-state index contributed by atoms with van der Waals surface area (Å²) in [4.78, 5) is 0. The second kappa shape index (κ2) is 5.73. The van der Waals surface area contributed by atoms with Crippen molar-refractivity contribution in [2.75, 3.05) is 0 Å². The predicted molar refractivity (Wildman–Crippen MR) is 75.2 cm³/mol. The molecular weight excluding hydrogens is 206 g/mol. The van der Waals surface area contributed by atoms with Crippen molar-refractivity contribution >= 4 is 0 Å². The van der Waals surface area contributed by atoms with Gasteiger partial charge in [-0.05, 0) is 37.0 Å². The fraction of sp³-hybridized carbons (Fsp3) is 1.00. The molecule has 0 spiro atoms. The predicted octanol–water partition coefficient (Wildman–Crippen LogP) is 4.51.